The molecule has 140 valence electrons. The van der Waals surface area contributed by atoms with E-state index in [1.54, 1.807) is 17.0 Å². The molecule has 0 saturated carbocycles. The van der Waals surface area contributed by atoms with Gasteiger partial charge in [0.25, 0.3) is 0 Å². The number of halogens is 1. The van der Waals surface area contributed by atoms with Crippen LogP contribution in [-0.4, -0.2) is 54.2 Å². The van der Waals surface area contributed by atoms with E-state index >= 15 is 0 Å². The van der Waals surface area contributed by atoms with Crippen molar-refractivity contribution < 1.29 is 23.8 Å². The number of carboxylic acids is 1. The number of carbonyl (C=O) groups is 2. The fourth-order valence-corrected chi connectivity index (χ4v) is 4.32. The van der Waals surface area contributed by atoms with Gasteiger partial charge in [0.05, 0.1) is 12.0 Å². The Morgan fingerprint density at radius 2 is 2.04 bits per heavy atom. The lowest BCUT2D eigenvalue weighted by Gasteiger charge is -2.33. The molecule has 4 atom stereocenters. The second-order valence-corrected chi connectivity index (χ2v) is 7.38. The summed E-state index contributed by atoms with van der Waals surface area (Å²) in [4.78, 5) is 26.4. The van der Waals surface area contributed by atoms with E-state index in [0.717, 1.165) is 5.56 Å². The van der Waals surface area contributed by atoms with Gasteiger partial charge in [-0.1, -0.05) is 12.1 Å². The van der Waals surface area contributed by atoms with E-state index in [1.807, 2.05) is 0 Å². The van der Waals surface area contributed by atoms with Crippen LogP contribution in [0.2, 0.25) is 0 Å². The van der Waals surface area contributed by atoms with Crippen molar-refractivity contribution in [2.24, 2.45) is 11.3 Å². The van der Waals surface area contributed by atoms with E-state index in [1.165, 1.54) is 12.1 Å². The Hall–Kier alpha value is -2.03. The van der Waals surface area contributed by atoms with E-state index in [0.29, 0.717) is 32.6 Å². The number of carboxylic acid groups (broad SMARTS) is 1. The van der Waals surface area contributed by atoms with Crippen LogP contribution in [0, 0.1) is 17.2 Å². The van der Waals surface area contributed by atoms with Crippen LogP contribution in [0.25, 0.3) is 0 Å². The van der Waals surface area contributed by atoms with Gasteiger partial charge in [0, 0.05) is 31.7 Å². The van der Waals surface area contributed by atoms with Crippen molar-refractivity contribution in [3.05, 3.63) is 35.6 Å². The number of amides is 1. The summed E-state index contributed by atoms with van der Waals surface area (Å²) in [6.45, 7) is 1.43. The third kappa shape index (κ3) is 2.87. The fourth-order valence-electron chi connectivity index (χ4n) is 4.32. The quantitative estimate of drug-likeness (QED) is 0.732. The van der Waals surface area contributed by atoms with Crippen LogP contribution < -0.4 is 10.9 Å². The van der Waals surface area contributed by atoms with Gasteiger partial charge in [-0.05, 0) is 30.5 Å². The van der Waals surface area contributed by atoms with Gasteiger partial charge in [0.15, 0.2) is 0 Å². The highest BCUT2D eigenvalue weighted by molar-refractivity contribution is 5.85. The zero-order chi connectivity index (χ0) is 18.3. The van der Waals surface area contributed by atoms with Gasteiger partial charge in [-0.25, -0.2) is 15.2 Å². The Morgan fingerprint density at radius 1 is 1.27 bits per heavy atom. The Bertz CT molecular complexity index is 713. The molecule has 3 N–H and O–H groups in total. The summed E-state index contributed by atoms with van der Waals surface area (Å²) in [5.74, 6) is -1.41. The average Bonchev–Trinajstić information content (AvgIpc) is 3.27. The molecule has 0 spiro atoms. The van der Waals surface area contributed by atoms with E-state index in [-0.39, 0.29) is 30.2 Å². The standard InChI is InChI=1S/C18H22FN3O4/c19-13-3-1-11(2-4-13)14-7-15(21-20-14)16(23)22-8-12-9-26-6-5-18(12,10-22)17(24)25/h1-4,12,14-15,20-21H,5-10H2,(H,24,25)/t12-,14?,15?,18+/m0/s1. The molecule has 1 aromatic rings. The van der Waals surface area contributed by atoms with Crippen LogP contribution in [0.3, 0.4) is 0 Å². The van der Waals surface area contributed by atoms with Gasteiger partial charge in [-0.15, -0.1) is 0 Å². The molecule has 3 aliphatic rings. The van der Waals surface area contributed by atoms with E-state index in [2.05, 4.69) is 10.9 Å². The molecular formula is C18H22FN3O4. The van der Waals surface area contributed by atoms with Crippen LogP contribution in [0.4, 0.5) is 4.39 Å². The lowest BCUT2D eigenvalue weighted by molar-refractivity contribution is -0.157. The van der Waals surface area contributed by atoms with Crippen molar-refractivity contribution in [2.75, 3.05) is 26.3 Å². The number of carbonyl (C=O) groups excluding carboxylic acids is 1. The fraction of sp³-hybridized carbons (Fsp3) is 0.556. The number of benzene rings is 1. The molecule has 0 bridgehead atoms. The maximum Gasteiger partial charge on any atom is 0.311 e. The Balaban J connectivity index is 1.44. The van der Waals surface area contributed by atoms with Gasteiger partial charge in [0.1, 0.15) is 11.9 Å². The lowest BCUT2D eigenvalue weighted by Crippen LogP contribution is -2.47. The SMILES string of the molecule is O=C(C1CC(c2ccc(F)cc2)NN1)N1C[C@H]2COCC[C@@]2(C(=O)O)C1. The van der Waals surface area contributed by atoms with E-state index in [9.17, 15) is 19.1 Å². The van der Waals surface area contributed by atoms with Crippen molar-refractivity contribution in [1.29, 1.82) is 0 Å². The summed E-state index contributed by atoms with van der Waals surface area (Å²) < 4.78 is 18.5. The third-order valence-corrected chi connectivity index (χ3v) is 5.92. The average molecular weight is 363 g/mol. The molecule has 8 heteroatoms. The molecule has 1 aromatic carbocycles. The van der Waals surface area contributed by atoms with Crippen LogP contribution in [0.5, 0.6) is 0 Å². The van der Waals surface area contributed by atoms with E-state index in [4.69, 9.17) is 4.74 Å². The van der Waals surface area contributed by atoms with Crippen LogP contribution in [0.1, 0.15) is 24.4 Å². The first-order valence-corrected chi connectivity index (χ1v) is 8.86. The Labute approximate surface area is 150 Å². The van der Waals surface area contributed by atoms with Crippen molar-refractivity contribution >= 4 is 11.9 Å². The summed E-state index contributed by atoms with van der Waals surface area (Å²) in [6, 6.07) is 5.66. The molecule has 0 aromatic heterocycles. The van der Waals surface area contributed by atoms with Crippen LogP contribution >= 0.6 is 0 Å². The number of nitrogens with one attached hydrogen (secondary N) is 2. The highest BCUT2D eigenvalue weighted by atomic mass is 19.1. The zero-order valence-corrected chi connectivity index (χ0v) is 14.3. The third-order valence-electron chi connectivity index (χ3n) is 5.92. The predicted molar refractivity (Wildman–Crippen MR) is 89.4 cm³/mol. The highest BCUT2D eigenvalue weighted by Crippen LogP contribution is 2.43. The lowest BCUT2D eigenvalue weighted by atomic mass is 9.74. The molecule has 0 radical (unpaired) electrons. The Morgan fingerprint density at radius 3 is 2.73 bits per heavy atom. The summed E-state index contributed by atoms with van der Waals surface area (Å²) >= 11 is 0. The topological polar surface area (TPSA) is 90.9 Å². The van der Waals surface area contributed by atoms with Crippen molar-refractivity contribution in [3.63, 3.8) is 0 Å². The minimum absolute atomic E-state index is 0.0915. The Kier molecular flexibility index (Phi) is 4.42. The molecule has 4 rings (SSSR count). The number of ether oxygens (including phenoxy) is 1. The van der Waals surface area contributed by atoms with Gasteiger partial charge in [-0.3, -0.25) is 9.59 Å². The van der Waals surface area contributed by atoms with Gasteiger partial charge in [0.2, 0.25) is 5.91 Å². The number of hydrogen-bond acceptors (Lipinski definition) is 5. The zero-order valence-electron chi connectivity index (χ0n) is 14.3. The molecule has 3 fully saturated rings. The normalized spacial score (nSPS) is 33.9. The molecular weight excluding hydrogens is 341 g/mol. The summed E-state index contributed by atoms with van der Waals surface area (Å²) in [5, 5.41) is 9.73. The van der Waals surface area contributed by atoms with Gasteiger partial charge < -0.3 is 14.7 Å². The van der Waals surface area contributed by atoms with E-state index < -0.39 is 17.4 Å². The monoisotopic (exact) mass is 363 g/mol. The number of nitrogens with zero attached hydrogens (tertiary/aromatic N) is 1. The van der Waals surface area contributed by atoms with Crippen molar-refractivity contribution in [1.82, 2.24) is 15.8 Å². The number of fused-ring (bicyclic) bond motifs is 1. The van der Waals surface area contributed by atoms with Gasteiger partial charge in [-0.2, -0.15) is 0 Å². The summed E-state index contributed by atoms with van der Waals surface area (Å²) in [6.07, 6.45) is 0.966. The molecule has 26 heavy (non-hydrogen) atoms. The molecule has 7 nitrogen and oxygen atoms in total. The number of rotatable bonds is 3. The number of likely N-dealkylation sites (tertiary alicyclic amines) is 1. The van der Waals surface area contributed by atoms with Crippen molar-refractivity contribution in [3.8, 4) is 0 Å². The predicted octanol–water partition coefficient (Wildman–Crippen LogP) is 0.683. The van der Waals surface area contributed by atoms with Crippen LogP contribution in [-0.2, 0) is 14.3 Å². The first-order valence-electron chi connectivity index (χ1n) is 8.86. The van der Waals surface area contributed by atoms with Crippen LogP contribution in [0.15, 0.2) is 24.3 Å². The molecule has 3 heterocycles. The maximum atomic E-state index is 13.1. The molecule has 3 saturated heterocycles. The number of hydrazine groups is 1. The molecule has 2 unspecified atom stereocenters. The van der Waals surface area contributed by atoms with Crippen molar-refractivity contribution in [2.45, 2.75) is 24.9 Å². The summed E-state index contributed by atoms with van der Waals surface area (Å²) in [5.41, 5.74) is 6.10. The number of hydrogen-bond donors (Lipinski definition) is 3. The van der Waals surface area contributed by atoms with Gasteiger partial charge >= 0.3 is 5.97 Å². The molecule has 1 amide bonds. The smallest absolute Gasteiger partial charge is 0.311 e. The molecule has 3 aliphatic heterocycles. The maximum absolute atomic E-state index is 13.1. The first kappa shape index (κ1) is 17.4. The summed E-state index contributed by atoms with van der Waals surface area (Å²) in [7, 11) is 0. The second kappa shape index (κ2) is 6.61. The second-order valence-electron chi connectivity index (χ2n) is 7.38. The highest BCUT2D eigenvalue weighted by Gasteiger charge is 2.55. The minimum atomic E-state index is -0.893. The minimum Gasteiger partial charge on any atom is -0.481 e. The molecule has 0 aliphatic carbocycles. The first-order chi connectivity index (χ1) is 12.5. The largest absolute Gasteiger partial charge is 0.481 e. The number of aliphatic carboxylic acids is 1.